The van der Waals surface area contributed by atoms with Crippen molar-refractivity contribution >= 4 is 9.84 Å². The molecule has 5 nitrogen and oxygen atoms in total. The average molecular weight is 273 g/mol. The molecule has 1 heterocycles. The minimum Gasteiger partial charge on any atom is -0.492 e. The average Bonchev–Trinajstić information content (AvgIpc) is 2.33. The maximum Gasteiger partial charge on any atom is 0.152 e. The Balaban J connectivity index is 2.89. The van der Waals surface area contributed by atoms with Gasteiger partial charge in [0.1, 0.15) is 5.75 Å². The summed E-state index contributed by atoms with van der Waals surface area (Å²) >= 11 is 0. The summed E-state index contributed by atoms with van der Waals surface area (Å²) < 4.78 is 28.2. The predicted molar refractivity (Wildman–Crippen MR) is 69.3 cm³/mol. The number of aromatic nitrogens is 1. The van der Waals surface area contributed by atoms with Crippen molar-refractivity contribution in [2.75, 3.05) is 12.9 Å². The van der Waals surface area contributed by atoms with Crippen molar-refractivity contribution in [3.8, 4) is 5.75 Å². The summed E-state index contributed by atoms with van der Waals surface area (Å²) in [6, 6.07) is 1.62. The second kappa shape index (κ2) is 6.15. The smallest absolute Gasteiger partial charge is 0.152 e. The first-order chi connectivity index (χ1) is 8.36. The molecule has 1 N–H and O–H groups in total. The Hall–Kier alpha value is -1.14. The van der Waals surface area contributed by atoms with Gasteiger partial charge in [-0.05, 0) is 19.4 Å². The maximum atomic E-state index is 11.4. The van der Waals surface area contributed by atoms with Crippen LogP contribution in [0, 0.1) is 0 Å². The summed E-state index contributed by atoms with van der Waals surface area (Å²) in [4.78, 5) is 3.94. The van der Waals surface area contributed by atoms with Gasteiger partial charge in [-0.3, -0.25) is 4.98 Å². The van der Waals surface area contributed by atoms with E-state index >= 15 is 0 Å². The van der Waals surface area contributed by atoms with Gasteiger partial charge in [-0.2, -0.15) is 0 Å². The third-order valence-corrected chi connectivity index (χ3v) is 4.28. The lowest BCUT2D eigenvalue weighted by atomic mass is 10.1. The lowest BCUT2D eigenvalue weighted by Gasteiger charge is -2.17. The Morgan fingerprint density at radius 1 is 1.44 bits per heavy atom. The molecule has 102 valence electrons. The van der Waals surface area contributed by atoms with Gasteiger partial charge in [0.15, 0.2) is 9.84 Å². The molecule has 0 amide bonds. The van der Waals surface area contributed by atoms with Crippen LogP contribution in [0.5, 0.6) is 5.75 Å². The van der Waals surface area contributed by atoms with E-state index in [4.69, 9.17) is 4.74 Å². The minimum atomic E-state index is -3.30. The molecular formula is C12H19NO4S. The Bertz CT molecular complexity index is 487. The summed E-state index contributed by atoms with van der Waals surface area (Å²) in [5.74, 6) is 0.536. The normalized spacial score (nSPS) is 15.1. The van der Waals surface area contributed by atoms with Gasteiger partial charge < -0.3 is 9.84 Å². The molecule has 2 atom stereocenters. The van der Waals surface area contributed by atoms with Crippen LogP contribution in [0.25, 0.3) is 0 Å². The lowest BCUT2D eigenvalue weighted by Crippen LogP contribution is -2.24. The molecule has 0 aliphatic rings. The Kier molecular flexibility index (Phi) is 5.10. The maximum absolute atomic E-state index is 11.4. The van der Waals surface area contributed by atoms with Crippen molar-refractivity contribution in [3.05, 3.63) is 24.0 Å². The molecule has 2 unspecified atom stereocenters. The molecule has 1 rings (SSSR count). The molecule has 1 aromatic rings. The first-order valence-electron chi connectivity index (χ1n) is 5.81. The van der Waals surface area contributed by atoms with Crippen LogP contribution in [0.3, 0.4) is 0 Å². The second-order valence-electron chi connectivity index (χ2n) is 4.28. The van der Waals surface area contributed by atoms with Crippen LogP contribution in [-0.2, 0) is 9.84 Å². The fraction of sp³-hybridized carbons (Fsp3) is 0.583. The van der Waals surface area contributed by atoms with Crippen LogP contribution in [0.2, 0.25) is 0 Å². The molecule has 0 spiro atoms. The largest absolute Gasteiger partial charge is 0.492 e. The first-order valence-corrected chi connectivity index (χ1v) is 7.76. The van der Waals surface area contributed by atoms with E-state index in [0.29, 0.717) is 17.9 Å². The molecule has 1 aromatic heterocycles. The van der Waals surface area contributed by atoms with E-state index in [1.807, 2.05) is 6.92 Å². The zero-order chi connectivity index (χ0) is 13.8. The summed E-state index contributed by atoms with van der Waals surface area (Å²) in [7, 11) is -3.30. The molecule has 0 bridgehead atoms. The molecule has 18 heavy (non-hydrogen) atoms. The van der Waals surface area contributed by atoms with Gasteiger partial charge in [-0.25, -0.2) is 8.42 Å². The van der Waals surface area contributed by atoms with E-state index in [0.717, 1.165) is 12.7 Å². The highest BCUT2D eigenvalue weighted by Gasteiger charge is 2.25. The van der Waals surface area contributed by atoms with Crippen LogP contribution in [-0.4, -0.2) is 36.6 Å². The van der Waals surface area contributed by atoms with Gasteiger partial charge in [0.05, 0.1) is 24.2 Å². The number of nitrogens with zero attached hydrogens (tertiary/aromatic N) is 1. The summed E-state index contributed by atoms with van der Waals surface area (Å²) in [6.45, 7) is 4.01. The topological polar surface area (TPSA) is 76.5 Å². The van der Waals surface area contributed by atoms with Crippen molar-refractivity contribution in [2.24, 2.45) is 0 Å². The summed E-state index contributed by atoms with van der Waals surface area (Å²) in [6.07, 6.45) is 3.86. The van der Waals surface area contributed by atoms with E-state index in [1.54, 1.807) is 6.07 Å². The number of aliphatic hydroxyl groups excluding tert-OH is 1. The lowest BCUT2D eigenvalue weighted by molar-refractivity contribution is 0.175. The standard InChI is InChI=1S/C12H19NO4S/c1-4-5-17-11-6-10(7-13-8-11)12(14)9(2)18(3,15)16/h6-9,12,14H,4-5H2,1-3H3. The van der Waals surface area contributed by atoms with Gasteiger partial charge in [0.2, 0.25) is 0 Å². The molecule has 0 aliphatic carbocycles. The van der Waals surface area contributed by atoms with E-state index in [9.17, 15) is 13.5 Å². The third-order valence-electron chi connectivity index (χ3n) is 2.67. The molecule has 6 heteroatoms. The first kappa shape index (κ1) is 14.9. The Morgan fingerprint density at radius 3 is 2.67 bits per heavy atom. The van der Waals surface area contributed by atoms with Gasteiger partial charge in [-0.15, -0.1) is 0 Å². The van der Waals surface area contributed by atoms with E-state index < -0.39 is 21.2 Å². The number of hydrogen-bond donors (Lipinski definition) is 1. The highest BCUT2D eigenvalue weighted by Crippen LogP contribution is 2.23. The van der Waals surface area contributed by atoms with Crippen molar-refractivity contribution in [1.82, 2.24) is 4.98 Å². The van der Waals surface area contributed by atoms with Crippen molar-refractivity contribution < 1.29 is 18.3 Å². The number of ether oxygens (including phenoxy) is 1. The number of pyridine rings is 1. The van der Waals surface area contributed by atoms with Crippen molar-refractivity contribution in [1.29, 1.82) is 0 Å². The molecule has 0 saturated heterocycles. The van der Waals surface area contributed by atoms with Gasteiger partial charge in [0.25, 0.3) is 0 Å². The van der Waals surface area contributed by atoms with Crippen molar-refractivity contribution in [3.63, 3.8) is 0 Å². The van der Waals surface area contributed by atoms with Crippen LogP contribution < -0.4 is 4.74 Å². The highest BCUT2D eigenvalue weighted by atomic mass is 32.2. The van der Waals surface area contributed by atoms with Crippen LogP contribution in [0.15, 0.2) is 18.5 Å². The second-order valence-corrected chi connectivity index (χ2v) is 6.68. The van der Waals surface area contributed by atoms with Gasteiger partial charge in [0, 0.05) is 18.0 Å². The third kappa shape index (κ3) is 3.96. The van der Waals surface area contributed by atoms with Crippen LogP contribution >= 0.6 is 0 Å². The zero-order valence-corrected chi connectivity index (χ0v) is 11.6. The summed E-state index contributed by atoms with van der Waals surface area (Å²) in [5, 5.41) is 9.13. The fourth-order valence-electron chi connectivity index (χ4n) is 1.40. The molecule has 0 fully saturated rings. The fourth-order valence-corrected chi connectivity index (χ4v) is 2.03. The van der Waals surface area contributed by atoms with Gasteiger partial charge in [-0.1, -0.05) is 6.92 Å². The monoisotopic (exact) mass is 273 g/mol. The molecule has 0 saturated carbocycles. The van der Waals surface area contributed by atoms with E-state index in [1.165, 1.54) is 19.3 Å². The van der Waals surface area contributed by atoms with Crippen LogP contribution in [0.4, 0.5) is 0 Å². The number of sulfone groups is 1. The quantitative estimate of drug-likeness (QED) is 0.846. The van der Waals surface area contributed by atoms with Crippen molar-refractivity contribution in [2.45, 2.75) is 31.6 Å². The number of rotatable bonds is 6. The minimum absolute atomic E-state index is 0.446. The Labute approximate surface area is 108 Å². The van der Waals surface area contributed by atoms with E-state index in [2.05, 4.69) is 4.98 Å². The highest BCUT2D eigenvalue weighted by molar-refractivity contribution is 7.91. The molecular weight excluding hydrogens is 254 g/mol. The Morgan fingerprint density at radius 2 is 2.11 bits per heavy atom. The van der Waals surface area contributed by atoms with Crippen LogP contribution in [0.1, 0.15) is 31.9 Å². The molecule has 0 aliphatic heterocycles. The number of hydrogen-bond acceptors (Lipinski definition) is 5. The van der Waals surface area contributed by atoms with E-state index in [-0.39, 0.29) is 0 Å². The molecule has 0 aromatic carbocycles. The predicted octanol–water partition coefficient (Wildman–Crippen LogP) is 1.34. The summed E-state index contributed by atoms with van der Waals surface area (Å²) in [5.41, 5.74) is 0.446. The SMILES string of the molecule is CCCOc1cncc(C(O)C(C)S(C)(=O)=O)c1. The van der Waals surface area contributed by atoms with Gasteiger partial charge >= 0.3 is 0 Å². The number of aliphatic hydroxyl groups is 1. The molecule has 0 radical (unpaired) electrons. The zero-order valence-electron chi connectivity index (χ0n) is 10.8.